The van der Waals surface area contributed by atoms with Gasteiger partial charge in [-0.1, -0.05) is 19.1 Å². The first-order valence-corrected chi connectivity index (χ1v) is 4.27. The molecule has 68 valence electrons. The summed E-state index contributed by atoms with van der Waals surface area (Å²) >= 11 is 0. The lowest BCUT2D eigenvalue weighted by Crippen LogP contribution is -2.27. The van der Waals surface area contributed by atoms with Gasteiger partial charge in [-0.25, -0.2) is 0 Å². The Bertz CT molecular complexity index is 181. The predicted molar refractivity (Wildman–Crippen MR) is 47.0 cm³/mol. The van der Waals surface area contributed by atoms with Crippen molar-refractivity contribution in [3.05, 3.63) is 12.2 Å². The molecule has 0 aromatic heterocycles. The smallest absolute Gasteiger partial charge is 0.303 e. The van der Waals surface area contributed by atoms with Crippen molar-refractivity contribution in [1.82, 2.24) is 4.90 Å². The number of aliphatic carboxylic acids is 1. The van der Waals surface area contributed by atoms with E-state index in [0.717, 1.165) is 19.6 Å². The molecule has 3 nitrogen and oxygen atoms in total. The van der Waals surface area contributed by atoms with Crippen LogP contribution < -0.4 is 0 Å². The quantitative estimate of drug-likeness (QED) is 0.637. The topological polar surface area (TPSA) is 40.5 Å². The molecule has 0 radical (unpaired) electrons. The fraction of sp³-hybridized carbons (Fsp3) is 0.667. The fourth-order valence-corrected chi connectivity index (χ4v) is 1.47. The molecular weight excluding hydrogens is 154 g/mol. The van der Waals surface area contributed by atoms with E-state index >= 15 is 0 Å². The molecular formula is C9H15NO2. The van der Waals surface area contributed by atoms with Crippen LogP contribution in [0.5, 0.6) is 0 Å². The van der Waals surface area contributed by atoms with Crippen LogP contribution in [0.4, 0.5) is 0 Å². The van der Waals surface area contributed by atoms with E-state index in [9.17, 15) is 4.79 Å². The Balaban J connectivity index is 2.17. The lowest BCUT2D eigenvalue weighted by molar-refractivity contribution is -0.138. The lowest BCUT2D eigenvalue weighted by Gasteiger charge is -2.18. The second-order valence-corrected chi connectivity index (χ2v) is 3.39. The van der Waals surface area contributed by atoms with Gasteiger partial charge in [0.1, 0.15) is 0 Å². The van der Waals surface area contributed by atoms with Crippen LogP contribution in [0.2, 0.25) is 0 Å². The van der Waals surface area contributed by atoms with Gasteiger partial charge in [0.05, 0.1) is 0 Å². The highest BCUT2D eigenvalue weighted by molar-refractivity contribution is 5.66. The summed E-state index contributed by atoms with van der Waals surface area (Å²) in [6, 6.07) is 0. The molecule has 3 heteroatoms. The van der Waals surface area contributed by atoms with Gasteiger partial charge in [0.15, 0.2) is 0 Å². The Kier molecular flexibility index (Phi) is 3.29. The van der Waals surface area contributed by atoms with Gasteiger partial charge in [-0.2, -0.15) is 0 Å². The van der Waals surface area contributed by atoms with E-state index in [0.29, 0.717) is 0 Å². The minimum absolute atomic E-state index is 0.252. The molecule has 1 rings (SSSR count). The number of carboxylic acids is 1. The standard InChI is InChI=1S/C9H15NO2/c1-8(6-9(11)12)7-10-4-2-3-5-10/h2-3,8H,4-7H2,1H3,(H,11,12). The molecule has 0 spiro atoms. The van der Waals surface area contributed by atoms with Crippen molar-refractivity contribution >= 4 is 5.97 Å². The Labute approximate surface area is 72.7 Å². The molecule has 0 aliphatic carbocycles. The van der Waals surface area contributed by atoms with Crippen LogP contribution in [-0.4, -0.2) is 35.6 Å². The van der Waals surface area contributed by atoms with Crippen molar-refractivity contribution in [1.29, 1.82) is 0 Å². The van der Waals surface area contributed by atoms with Gasteiger partial charge in [-0.05, 0) is 5.92 Å². The zero-order valence-corrected chi connectivity index (χ0v) is 7.36. The summed E-state index contributed by atoms with van der Waals surface area (Å²) in [6.07, 6.45) is 4.51. The SMILES string of the molecule is CC(CC(=O)O)CN1CC=CC1. The molecule has 0 aromatic carbocycles. The van der Waals surface area contributed by atoms with Crippen LogP contribution in [-0.2, 0) is 4.79 Å². The molecule has 0 saturated carbocycles. The van der Waals surface area contributed by atoms with E-state index in [2.05, 4.69) is 17.1 Å². The third kappa shape index (κ3) is 3.05. The first kappa shape index (κ1) is 9.26. The summed E-state index contributed by atoms with van der Waals surface area (Å²) in [4.78, 5) is 12.6. The van der Waals surface area contributed by atoms with Crippen LogP contribution >= 0.6 is 0 Å². The number of hydrogen-bond acceptors (Lipinski definition) is 2. The summed E-state index contributed by atoms with van der Waals surface area (Å²) in [5, 5.41) is 8.52. The Morgan fingerprint density at radius 1 is 1.58 bits per heavy atom. The molecule has 1 unspecified atom stereocenters. The molecule has 12 heavy (non-hydrogen) atoms. The summed E-state index contributed by atoms with van der Waals surface area (Å²) < 4.78 is 0. The molecule has 1 heterocycles. The minimum Gasteiger partial charge on any atom is -0.481 e. The Hall–Kier alpha value is -0.830. The van der Waals surface area contributed by atoms with Crippen molar-refractivity contribution in [2.24, 2.45) is 5.92 Å². The fourth-order valence-electron chi connectivity index (χ4n) is 1.47. The van der Waals surface area contributed by atoms with E-state index in [1.54, 1.807) is 0 Å². The van der Waals surface area contributed by atoms with E-state index in [-0.39, 0.29) is 12.3 Å². The number of carboxylic acid groups (broad SMARTS) is 1. The van der Waals surface area contributed by atoms with Gasteiger partial charge in [0.2, 0.25) is 0 Å². The number of hydrogen-bond donors (Lipinski definition) is 1. The minimum atomic E-state index is -0.699. The van der Waals surface area contributed by atoms with Crippen LogP contribution in [0.1, 0.15) is 13.3 Å². The summed E-state index contributed by atoms with van der Waals surface area (Å²) in [5.41, 5.74) is 0. The summed E-state index contributed by atoms with van der Waals surface area (Å²) in [7, 11) is 0. The van der Waals surface area contributed by atoms with E-state index in [1.807, 2.05) is 6.92 Å². The lowest BCUT2D eigenvalue weighted by atomic mass is 10.1. The van der Waals surface area contributed by atoms with E-state index in [1.165, 1.54) is 0 Å². The third-order valence-corrected chi connectivity index (χ3v) is 1.99. The Morgan fingerprint density at radius 3 is 2.67 bits per heavy atom. The average Bonchev–Trinajstić information content (AvgIpc) is 2.37. The monoisotopic (exact) mass is 169 g/mol. The molecule has 0 amide bonds. The first-order valence-electron chi connectivity index (χ1n) is 4.27. The molecule has 1 aliphatic rings. The zero-order chi connectivity index (χ0) is 8.97. The highest BCUT2D eigenvalue weighted by Gasteiger charge is 2.13. The highest BCUT2D eigenvalue weighted by atomic mass is 16.4. The first-order chi connectivity index (χ1) is 5.68. The van der Waals surface area contributed by atoms with Crippen molar-refractivity contribution in [3.63, 3.8) is 0 Å². The van der Waals surface area contributed by atoms with Crippen molar-refractivity contribution in [2.75, 3.05) is 19.6 Å². The van der Waals surface area contributed by atoms with Crippen molar-refractivity contribution < 1.29 is 9.90 Å². The molecule has 1 aliphatic heterocycles. The molecule has 1 atom stereocenters. The molecule has 1 N–H and O–H groups in total. The normalized spacial score (nSPS) is 19.8. The van der Waals surface area contributed by atoms with Gasteiger partial charge in [0, 0.05) is 26.1 Å². The molecule has 0 aromatic rings. The van der Waals surface area contributed by atoms with Gasteiger partial charge in [0.25, 0.3) is 0 Å². The van der Waals surface area contributed by atoms with Gasteiger partial charge >= 0.3 is 5.97 Å². The van der Waals surface area contributed by atoms with Crippen molar-refractivity contribution in [2.45, 2.75) is 13.3 Å². The van der Waals surface area contributed by atoms with Crippen molar-refractivity contribution in [3.8, 4) is 0 Å². The average molecular weight is 169 g/mol. The van der Waals surface area contributed by atoms with Crippen LogP contribution in [0, 0.1) is 5.92 Å². The van der Waals surface area contributed by atoms with E-state index < -0.39 is 5.97 Å². The van der Waals surface area contributed by atoms with Gasteiger partial charge in [-0.3, -0.25) is 9.69 Å². The maximum Gasteiger partial charge on any atom is 0.303 e. The zero-order valence-electron chi connectivity index (χ0n) is 7.36. The molecule has 0 bridgehead atoms. The van der Waals surface area contributed by atoms with E-state index in [4.69, 9.17) is 5.11 Å². The largest absolute Gasteiger partial charge is 0.481 e. The third-order valence-electron chi connectivity index (χ3n) is 1.99. The van der Waals surface area contributed by atoms with Gasteiger partial charge in [-0.15, -0.1) is 0 Å². The predicted octanol–water partition coefficient (Wildman–Crippen LogP) is 0.969. The number of nitrogens with zero attached hydrogens (tertiary/aromatic N) is 1. The van der Waals surface area contributed by atoms with Crippen LogP contribution in [0.3, 0.4) is 0 Å². The maximum atomic E-state index is 10.3. The maximum absolute atomic E-state index is 10.3. The van der Waals surface area contributed by atoms with Crippen LogP contribution in [0.15, 0.2) is 12.2 Å². The summed E-state index contributed by atoms with van der Waals surface area (Å²) in [6.45, 7) is 4.82. The van der Waals surface area contributed by atoms with Gasteiger partial charge < -0.3 is 5.11 Å². The Morgan fingerprint density at radius 2 is 2.17 bits per heavy atom. The second kappa shape index (κ2) is 4.26. The van der Waals surface area contributed by atoms with Crippen LogP contribution in [0.25, 0.3) is 0 Å². The molecule has 0 fully saturated rings. The second-order valence-electron chi connectivity index (χ2n) is 3.39. The molecule has 0 saturated heterocycles. The number of rotatable bonds is 4. The number of carbonyl (C=O) groups is 1. The summed E-state index contributed by atoms with van der Waals surface area (Å²) in [5.74, 6) is -0.447. The highest BCUT2D eigenvalue weighted by Crippen LogP contribution is 2.07.